The van der Waals surface area contributed by atoms with Gasteiger partial charge in [-0.2, -0.15) is 0 Å². The van der Waals surface area contributed by atoms with Crippen LogP contribution in [0.25, 0.3) is 0 Å². The Balaban J connectivity index is 1.58. The lowest BCUT2D eigenvalue weighted by atomic mass is 9.90. The molecular weight excluding hydrogens is 234 g/mol. The normalized spacial score (nSPS) is 30.0. The van der Waals surface area contributed by atoms with Gasteiger partial charge in [-0.05, 0) is 43.6 Å². The van der Waals surface area contributed by atoms with E-state index in [0.29, 0.717) is 12.0 Å². The van der Waals surface area contributed by atoms with E-state index in [4.69, 9.17) is 4.74 Å². The maximum atomic E-state index is 5.86. The van der Waals surface area contributed by atoms with Crippen LogP contribution in [0, 0.1) is 17.8 Å². The molecule has 19 heavy (non-hydrogen) atoms. The molecule has 1 heterocycles. The predicted octanol–water partition coefficient (Wildman–Crippen LogP) is 3.53. The molecule has 102 valence electrons. The summed E-state index contributed by atoms with van der Waals surface area (Å²) < 4.78 is 5.86. The molecule has 2 unspecified atom stereocenters. The average molecular weight is 257 g/mol. The van der Waals surface area contributed by atoms with Crippen LogP contribution in [-0.2, 0) is 0 Å². The monoisotopic (exact) mass is 257 g/mol. The maximum Gasteiger partial charge on any atom is 0.124 e. The Morgan fingerprint density at radius 3 is 2.47 bits per heavy atom. The van der Waals surface area contributed by atoms with Gasteiger partial charge in [0.05, 0.1) is 6.61 Å². The lowest BCUT2D eigenvalue weighted by Gasteiger charge is -2.35. The van der Waals surface area contributed by atoms with Crippen LogP contribution in [0.15, 0.2) is 24.3 Å². The number of hydrogen-bond donors (Lipinski definition) is 1. The van der Waals surface area contributed by atoms with E-state index in [1.54, 1.807) is 0 Å². The zero-order chi connectivity index (χ0) is 12.8. The summed E-state index contributed by atoms with van der Waals surface area (Å²) in [5.74, 6) is 3.56. The minimum absolute atomic E-state index is 0.483. The van der Waals surface area contributed by atoms with Gasteiger partial charge in [-0.1, -0.05) is 25.1 Å². The summed E-state index contributed by atoms with van der Waals surface area (Å²) in [4.78, 5) is 0. The van der Waals surface area contributed by atoms with Crippen molar-refractivity contribution in [2.45, 2.75) is 44.7 Å². The Hall–Kier alpha value is -1.02. The van der Waals surface area contributed by atoms with Crippen molar-refractivity contribution in [3.8, 4) is 5.75 Å². The number of benzene rings is 1. The molecule has 0 amide bonds. The van der Waals surface area contributed by atoms with E-state index >= 15 is 0 Å². The molecule has 1 aromatic rings. The number of nitrogens with one attached hydrogen (secondary N) is 1. The number of hydrogen-bond acceptors (Lipinski definition) is 2. The van der Waals surface area contributed by atoms with Crippen LogP contribution in [0.4, 0.5) is 0 Å². The number of rotatable bonds is 4. The van der Waals surface area contributed by atoms with Crippen molar-refractivity contribution in [1.29, 1.82) is 0 Å². The quantitative estimate of drug-likeness (QED) is 0.891. The highest BCUT2D eigenvalue weighted by Crippen LogP contribution is 2.46. The van der Waals surface area contributed by atoms with Crippen molar-refractivity contribution >= 4 is 0 Å². The summed E-state index contributed by atoms with van der Waals surface area (Å²) in [5, 5.41) is 4.01. The molecule has 1 N–H and O–H groups in total. The molecule has 0 aromatic heterocycles. The molecule has 1 aromatic carbocycles. The molecule has 3 aliphatic rings. The first kappa shape index (κ1) is 11.8. The van der Waals surface area contributed by atoms with Gasteiger partial charge in [0.25, 0.3) is 0 Å². The Bertz CT molecular complexity index is 452. The molecule has 2 atom stereocenters. The first-order chi connectivity index (χ1) is 9.33. The van der Waals surface area contributed by atoms with Gasteiger partial charge in [0, 0.05) is 23.6 Å². The van der Waals surface area contributed by atoms with Crippen LogP contribution >= 0.6 is 0 Å². The minimum Gasteiger partial charge on any atom is -0.493 e. The van der Waals surface area contributed by atoms with Gasteiger partial charge in [0.15, 0.2) is 0 Å². The molecule has 2 nitrogen and oxygen atoms in total. The first-order valence-corrected chi connectivity index (χ1v) is 7.80. The van der Waals surface area contributed by atoms with E-state index in [9.17, 15) is 0 Å². The van der Waals surface area contributed by atoms with Gasteiger partial charge < -0.3 is 10.1 Å². The number of ether oxygens (including phenoxy) is 1. The van der Waals surface area contributed by atoms with Crippen molar-refractivity contribution in [2.75, 3.05) is 6.61 Å². The molecule has 0 radical (unpaired) electrons. The molecule has 2 aliphatic carbocycles. The fourth-order valence-corrected chi connectivity index (χ4v) is 3.52. The molecule has 0 spiro atoms. The second-order valence-electron chi connectivity index (χ2n) is 6.67. The van der Waals surface area contributed by atoms with Crippen LogP contribution in [-0.4, -0.2) is 12.6 Å². The van der Waals surface area contributed by atoms with Gasteiger partial charge in [0.2, 0.25) is 0 Å². The fraction of sp³-hybridized carbons (Fsp3) is 0.647. The van der Waals surface area contributed by atoms with Crippen LogP contribution in [0.5, 0.6) is 5.75 Å². The maximum absolute atomic E-state index is 5.86. The van der Waals surface area contributed by atoms with Crippen molar-refractivity contribution in [3.63, 3.8) is 0 Å². The van der Waals surface area contributed by atoms with E-state index in [1.165, 1.54) is 31.2 Å². The summed E-state index contributed by atoms with van der Waals surface area (Å²) in [5.41, 5.74) is 1.37. The highest BCUT2D eigenvalue weighted by molar-refractivity contribution is 5.38. The third-order valence-corrected chi connectivity index (χ3v) is 4.96. The topological polar surface area (TPSA) is 21.3 Å². The second kappa shape index (κ2) is 4.52. The van der Waals surface area contributed by atoms with Crippen LogP contribution in [0.1, 0.15) is 44.2 Å². The highest BCUT2D eigenvalue weighted by atomic mass is 16.5. The fourth-order valence-electron chi connectivity index (χ4n) is 3.52. The van der Waals surface area contributed by atoms with Gasteiger partial charge >= 0.3 is 0 Å². The zero-order valence-corrected chi connectivity index (χ0v) is 11.6. The molecule has 1 aliphatic heterocycles. The number of para-hydroxylation sites is 1. The molecule has 2 fully saturated rings. The SMILES string of the molecule is CC1COc2ccccc2C1NC(C1CC1)C1CC1. The average Bonchev–Trinajstić information content (AvgIpc) is 3.29. The molecule has 0 bridgehead atoms. The Labute approximate surface area is 115 Å². The van der Waals surface area contributed by atoms with Gasteiger partial charge in [0.1, 0.15) is 5.75 Å². The highest BCUT2D eigenvalue weighted by Gasteiger charge is 2.43. The summed E-state index contributed by atoms with van der Waals surface area (Å²) in [7, 11) is 0. The summed E-state index contributed by atoms with van der Waals surface area (Å²) in [6, 6.07) is 9.80. The van der Waals surface area contributed by atoms with Gasteiger partial charge in [-0.15, -0.1) is 0 Å². The van der Waals surface area contributed by atoms with Crippen LogP contribution in [0.2, 0.25) is 0 Å². The Kier molecular flexibility index (Phi) is 2.80. The van der Waals surface area contributed by atoms with Crippen LogP contribution in [0.3, 0.4) is 0 Å². The molecule has 2 saturated carbocycles. The Morgan fingerprint density at radius 1 is 1.11 bits per heavy atom. The first-order valence-electron chi connectivity index (χ1n) is 7.80. The molecular formula is C17H23NO. The smallest absolute Gasteiger partial charge is 0.124 e. The summed E-state index contributed by atoms with van der Waals surface area (Å²) >= 11 is 0. The molecule has 4 rings (SSSR count). The lowest BCUT2D eigenvalue weighted by Crippen LogP contribution is -2.42. The van der Waals surface area contributed by atoms with Crippen molar-refractivity contribution < 1.29 is 4.74 Å². The number of fused-ring (bicyclic) bond motifs is 1. The molecule has 2 heteroatoms. The Morgan fingerprint density at radius 2 is 1.79 bits per heavy atom. The lowest BCUT2D eigenvalue weighted by molar-refractivity contribution is 0.173. The van der Waals surface area contributed by atoms with E-state index in [2.05, 4.69) is 36.5 Å². The van der Waals surface area contributed by atoms with E-state index in [1.807, 2.05) is 0 Å². The van der Waals surface area contributed by atoms with E-state index in [0.717, 1.165) is 30.2 Å². The summed E-state index contributed by atoms with van der Waals surface area (Å²) in [6.45, 7) is 3.15. The van der Waals surface area contributed by atoms with Gasteiger partial charge in [-0.25, -0.2) is 0 Å². The van der Waals surface area contributed by atoms with E-state index in [-0.39, 0.29) is 0 Å². The standard InChI is InChI=1S/C17H23NO/c1-11-10-19-15-5-3-2-4-14(15)16(11)18-17(12-6-7-12)13-8-9-13/h2-5,11-13,16-18H,6-10H2,1H3. The second-order valence-corrected chi connectivity index (χ2v) is 6.67. The minimum atomic E-state index is 0.483. The van der Waals surface area contributed by atoms with Gasteiger partial charge in [-0.3, -0.25) is 0 Å². The third-order valence-electron chi connectivity index (χ3n) is 4.96. The zero-order valence-electron chi connectivity index (χ0n) is 11.6. The van der Waals surface area contributed by atoms with Crippen molar-refractivity contribution in [1.82, 2.24) is 5.32 Å². The van der Waals surface area contributed by atoms with E-state index < -0.39 is 0 Å². The van der Waals surface area contributed by atoms with Crippen LogP contribution < -0.4 is 10.1 Å². The largest absolute Gasteiger partial charge is 0.493 e. The van der Waals surface area contributed by atoms with Crippen molar-refractivity contribution in [2.24, 2.45) is 17.8 Å². The van der Waals surface area contributed by atoms with Crippen molar-refractivity contribution in [3.05, 3.63) is 29.8 Å². The molecule has 0 saturated heterocycles. The summed E-state index contributed by atoms with van der Waals surface area (Å²) in [6.07, 6.45) is 5.75. The third kappa shape index (κ3) is 2.27. The predicted molar refractivity (Wildman–Crippen MR) is 76.2 cm³/mol.